The van der Waals surface area contributed by atoms with Gasteiger partial charge in [-0.1, -0.05) is 11.6 Å². The highest BCUT2D eigenvalue weighted by Crippen LogP contribution is 2.32. The third-order valence-corrected chi connectivity index (χ3v) is 5.41. The molecule has 0 aliphatic rings. The zero-order valence-corrected chi connectivity index (χ0v) is 15.1. The van der Waals surface area contributed by atoms with E-state index in [9.17, 15) is 9.59 Å². The first-order valence-electron chi connectivity index (χ1n) is 6.98. The highest BCUT2D eigenvalue weighted by atomic mass is 35.5. The van der Waals surface area contributed by atoms with E-state index < -0.39 is 11.5 Å². The standard InChI is InChI=1S/C15H17ClN2O3S2/c1-15(2,6-5-13(20)21)18-12(19)7-9-8-22-14(17-9)10-3-4-11(16)23-10/h3-4,8H,5-7H2,1-2H3,(H,18,19)(H,20,21). The Balaban J connectivity index is 1.93. The Hall–Kier alpha value is -1.44. The molecule has 0 aliphatic carbocycles. The molecule has 0 spiro atoms. The van der Waals surface area contributed by atoms with Gasteiger partial charge in [0.2, 0.25) is 5.91 Å². The maximum atomic E-state index is 12.1. The molecule has 2 aromatic heterocycles. The van der Waals surface area contributed by atoms with Gasteiger partial charge in [0, 0.05) is 17.3 Å². The molecule has 0 bridgehead atoms. The van der Waals surface area contributed by atoms with E-state index in [-0.39, 0.29) is 18.7 Å². The molecule has 2 rings (SSSR count). The predicted octanol–water partition coefficient (Wildman–Crippen LogP) is 3.83. The second-order valence-corrected chi connectivity index (χ2v) is 8.32. The number of carboxylic acid groups (broad SMARTS) is 1. The van der Waals surface area contributed by atoms with E-state index in [1.165, 1.54) is 22.7 Å². The normalized spacial score (nSPS) is 11.4. The molecule has 2 aromatic rings. The molecule has 0 unspecified atom stereocenters. The van der Waals surface area contributed by atoms with Gasteiger partial charge in [0.05, 0.1) is 21.3 Å². The fraction of sp³-hybridized carbons (Fsp3) is 0.400. The van der Waals surface area contributed by atoms with Crippen LogP contribution in [0.3, 0.4) is 0 Å². The maximum Gasteiger partial charge on any atom is 0.303 e. The molecule has 0 radical (unpaired) electrons. The molecular formula is C15H17ClN2O3S2. The second-order valence-electron chi connectivity index (χ2n) is 5.75. The highest BCUT2D eigenvalue weighted by molar-refractivity contribution is 7.23. The van der Waals surface area contributed by atoms with Crippen molar-refractivity contribution in [1.29, 1.82) is 0 Å². The Kier molecular flexibility index (Phi) is 5.78. The first-order chi connectivity index (χ1) is 10.7. The van der Waals surface area contributed by atoms with Crippen molar-refractivity contribution in [2.75, 3.05) is 0 Å². The number of carboxylic acids is 1. The van der Waals surface area contributed by atoms with Crippen molar-refractivity contribution in [1.82, 2.24) is 10.3 Å². The van der Waals surface area contributed by atoms with E-state index in [0.717, 1.165) is 9.88 Å². The van der Waals surface area contributed by atoms with Crippen molar-refractivity contribution >= 4 is 46.2 Å². The number of carbonyl (C=O) groups is 2. The van der Waals surface area contributed by atoms with Gasteiger partial charge in [-0.2, -0.15) is 0 Å². The lowest BCUT2D eigenvalue weighted by molar-refractivity contribution is -0.137. The smallest absolute Gasteiger partial charge is 0.303 e. The number of hydrogen-bond acceptors (Lipinski definition) is 5. The first kappa shape index (κ1) is 17.9. The Bertz CT molecular complexity index is 709. The number of hydrogen-bond donors (Lipinski definition) is 2. The number of rotatable bonds is 7. The van der Waals surface area contributed by atoms with E-state index >= 15 is 0 Å². The summed E-state index contributed by atoms with van der Waals surface area (Å²) in [6.07, 6.45) is 0.573. The van der Waals surface area contributed by atoms with Gasteiger partial charge in [-0.3, -0.25) is 9.59 Å². The number of nitrogens with zero attached hydrogens (tertiary/aromatic N) is 1. The van der Waals surface area contributed by atoms with Crippen LogP contribution < -0.4 is 5.32 Å². The summed E-state index contributed by atoms with van der Waals surface area (Å²) in [6.45, 7) is 3.63. The van der Waals surface area contributed by atoms with Gasteiger partial charge in [0.1, 0.15) is 5.01 Å². The fourth-order valence-corrected chi connectivity index (χ4v) is 3.93. The Morgan fingerprint density at radius 3 is 2.74 bits per heavy atom. The van der Waals surface area contributed by atoms with Gasteiger partial charge >= 0.3 is 5.97 Å². The SMILES string of the molecule is CC(C)(CCC(=O)O)NC(=O)Cc1csc(-c2ccc(Cl)s2)n1. The number of aromatic nitrogens is 1. The van der Waals surface area contributed by atoms with Gasteiger partial charge in [-0.25, -0.2) is 4.98 Å². The molecule has 0 aromatic carbocycles. The molecule has 8 heteroatoms. The van der Waals surface area contributed by atoms with Crippen LogP contribution in [0.15, 0.2) is 17.5 Å². The number of carbonyl (C=O) groups excluding carboxylic acids is 1. The van der Waals surface area contributed by atoms with Gasteiger partial charge in [0.25, 0.3) is 0 Å². The molecule has 2 N–H and O–H groups in total. The van der Waals surface area contributed by atoms with E-state index in [1.807, 2.05) is 31.4 Å². The number of nitrogens with one attached hydrogen (secondary N) is 1. The van der Waals surface area contributed by atoms with Crippen molar-refractivity contribution in [2.45, 2.75) is 38.6 Å². The quantitative estimate of drug-likeness (QED) is 0.774. The largest absolute Gasteiger partial charge is 0.481 e. The number of thiophene rings is 1. The molecule has 0 saturated carbocycles. The highest BCUT2D eigenvalue weighted by Gasteiger charge is 2.22. The van der Waals surface area contributed by atoms with E-state index in [1.54, 1.807) is 0 Å². The Morgan fingerprint density at radius 2 is 2.13 bits per heavy atom. The third kappa shape index (κ3) is 5.60. The summed E-state index contributed by atoms with van der Waals surface area (Å²) in [7, 11) is 0. The molecule has 5 nitrogen and oxygen atoms in total. The minimum Gasteiger partial charge on any atom is -0.481 e. The van der Waals surface area contributed by atoms with Gasteiger partial charge in [-0.15, -0.1) is 22.7 Å². The summed E-state index contributed by atoms with van der Waals surface area (Å²) < 4.78 is 0.703. The summed E-state index contributed by atoms with van der Waals surface area (Å²) in [5.41, 5.74) is 0.136. The number of amides is 1. The summed E-state index contributed by atoms with van der Waals surface area (Å²) in [4.78, 5) is 28.2. The zero-order chi connectivity index (χ0) is 17.0. The fourth-order valence-electron chi connectivity index (χ4n) is 2.00. The van der Waals surface area contributed by atoms with Crippen LogP contribution in [-0.2, 0) is 16.0 Å². The molecule has 2 heterocycles. The summed E-state index contributed by atoms with van der Waals surface area (Å²) in [6, 6.07) is 3.73. The molecule has 0 aliphatic heterocycles. The first-order valence-corrected chi connectivity index (χ1v) is 9.05. The van der Waals surface area contributed by atoms with Crippen LogP contribution in [0, 0.1) is 0 Å². The van der Waals surface area contributed by atoms with E-state index in [0.29, 0.717) is 16.5 Å². The van der Waals surface area contributed by atoms with Crippen LogP contribution in [-0.4, -0.2) is 27.5 Å². The van der Waals surface area contributed by atoms with E-state index in [2.05, 4.69) is 10.3 Å². The van der Waals surface area contributed by atoms with Crippen LogP contribution in [0.2, 0.25) is 4.34 Å². The van der Waals surface area contributed by atoms with Crippen molar-refractivity contribution < 1.29 is 14.7 Å². The van der Waals surface area contributed by atoms with Crippen LogP contribution in [0.5, 0.6) is 0 Å². The van der Waals surface area contributed by atoms with Crippen molar-refractivity contribution in [2.24, 2.45) is 0 Å². The molecule has 0 atom stereocenters. The van der Waals surface area contributed by atoms with Crippen LogP contribution >= 0.6 is 34.3 Å². The lowest BCUT2D eigenvalue weighted by Crippen LogP contribution is -2.44. The minimum atomic E-state index is -0.869. The van der Waals surface area contributed by atoms with Gasteiger partial charge < -0.3 is 10.4 Å². The Morgan fingerprint density at radius 1 is 1.39 bits per heavy atom. The lowest BCUT2D eigenvalue weighted by atomic mass is 9.98. The average Bonchev–Trinajstić information content (AvgIpc) is 3.05. The molecular weight excluding hydrogens is 356 g/mol. The average molecular weight is 373 g/mol. The second kappa shape index (κ2) is 7.42. The van der Waals surface area contributed by atoms with Crippen LogP contribution in [0.4, 0.5) is 0 Å². The van der Waals surface area contributed by atoms with Crippen molar-refractivity contribution in [3.8, 4) is 9.88 Å². The van der Waals surface area contributed by atoms with E-state index in [4.69, 9.17) is 16.7 Å². The summed E-state index contributed by atoms with van der Waals surface area (Å²) >= 11 is 8.84. The Labute approximate surface area is 147 Å². The summed E-state index contributed by atoms with van der Waals surface area (Å²) in [5.74, 6) is -1.03. The summed E-state index contributed by atoms with van der Waals surface area (Å²) in [5, 5.41) is 14.3. The zero-order valence-electron chi connectivity index (χ0n) is 12.8. The van der Waals surface area contributed by atoms with Gasteiger partial charge in [0.15, 0.2) is 0 Å². The topological polar surface area (TPSA) is 79.3 Å². The lowest BCUT2D eigenvalue weighted by Gasteiger charge is -2.25. The van der Waals surface area contributed by atoms with Crippen LogP contribution in [0.1, 0.15) is 32.4 Å². The molecule has 124 valence electrons. The van der Waals surface area contributed by atoms with Gasteiger partial charge in [-0.05, 0) is 32.4 Å². The van der Waals surface area contributed by atoms with Crippen molar-refractivity contribution in [3.05, 3.63) is 27.5 Å². The van der Waals surface area contributed by atoms with Crippen LogP contribution in [0.25, 0.3) is 9.88 Å². The maximum absolute atomic E-state index is 12.1. The molecule has 0 fully saturated rings. The van der Waals surface area contributed by atoms with Crippen molar-refractivity contribution in [3.63, 3.8) is 0 Å². The molecule has 23 heavy (non-hydrogen) atoms. The number of aliphatic carboxylic acids is 1. The monoisotopic (exact) mass is 372 g/mol. The number of thiazole rings is 1. The minimum absolute atomic E-state index is 0.0211. The predicted molar refractivity (Wildman–Crippen MR) is 93.2 cm³/mol. The number of halogens is 1. The molecule has 0 saturated heterocycles. The third-order valence-electron chi connectivity index (χ3n) is 3.12. The molecule has 1 amide bonds.